The fraction of sp³-hybridized carbons (Fsp3) is 0.846. The van der Waals surface area contributed by atoms with Crippen LogP contribution in [0.2, 0.25) is 0 Å². The number of carbonyl (C=O) groups is 2. The van der Waals surface area contributed by atoms with E-state index in [-0.39, 0.29) is 18.0 Å². The monoisotopic (exact) mass is 254 g/mol. The molecule has 102 valence electrons. The molecule has 18 heavy (non-hydrogen) atoms. The normalized spacial score (nSPS) is 20.6. The summed E-state index contributed by atoms with van der Waals surface area (Å²) in [6.45, 7) is 4.68. The second-order valence-corrected chi connectivity index (χ2v) is 5.79. The average Bonchev–Trinajstić information content (AvgIpc) is 3.14. The lowest BCUT2D eigenvalue weighted by atomic mass is 10.2. The summed E-state index contributed by atoms with van der Waals surface area (Å²) in [5.41, 5.74) is 0. The molecule has 2 fully saturated rings. The second kappa shape index (κ2) is 5.16. The van der Waals surface area contributed by atoms with Gasteiger partial charge in [-0.05, 0) is 51.4 Å². The number of rotatable bonds is 6. The molecule has 0 heterocycles. The van der Waals surface area contributed by atoms with Gasteiger partial charge in [-0.1, -0.05) is 0 Å². The molecule has 1 unspecified atom stereocenters. The van der Waals surface area contributed by atoms with Gasteiger partial charge in [0, 0.05) is 12.6 Å². The smallest absolute Gasteiger partial charge is 0.326 e. The maximum Gasteiger partial charge on any atom is 0.326 e. The van der Waals surface area contributed by atoms with Gasteiger partial charge in [0.05, 0.1) is 0 Å². The lowest BCUT2D eigenvalue weighted by molar-refractivity contribution is -0.139. The summed E-state index contributed by atoms with van der Waals surface area (Å²) in [7, 11) is 0. The van der Waals surface area contributed by atoms with Gasteiger partial charge in [-0.3, -0.25) is 0 Å². The third kappa shape index (κ3) is 3.37. The summed E-state index contributed by atoms with van der Waals surface area (Å²) in [6.07, 6.45) is 4.17. The van der Waals surface area contributed by atoms with Gasteiger partial charge in [0.25, 0.3) is 0 Å². The number of amides is 2. The number of urea groups is 1. The zero-order valence-electron chi connectivity index (χ0n) is 11.1. The molecule has 2 aliphatic carbocycles. The lowest BCUT2D eigenvalue weighted by Gasteiger charge is -2.28. The molecule has 2 aliphatic rings. The minimum Gasteiger partial charge on any atom is -0.480 e. The van der Waals surface area contributed by atoms with Crippen LogP contribution >= 0.6 is 0 Å². The van der Waals surface area contributed by atoms with Crippen LogP contribution in [-0.2, 0) is 4.79 Å². The summed E-state index contributed by atoms with van der Waals surface area (Å²) in [5, 5.41) is 11.8. The highest BCUT2D eigenvalue weighted by Crippen LogP contribution is 2.33. The van der Waals surface area contributed by atoms with Crippen molar-refractivity contribution in [1.29, 1.82) is 0 Å². The summed E-state index contributed by atoms with van der Waals surface area (Å²) in [4.78, 5) is 25.0. The third-order valence-corrected chi connectivity index (χ3v) is 3.67. The number of hydrogen-bond acceptors (Lipinski definition) is 2. The number of carboxylic acids is 1. The van der Waals surface area contributed by atoms with Crippen LogP contribution in [-0.4, -0.2) is 40.6 Å². The number of carboxylic acid groups (broad SMARTS) is 1. The maximum atomic E-state index is 12.1. The predicted molar refractivity (Wildman–Crippen MR) is 67.2 cm³/mol. The fourth-order valence-corrected chi connectivity index (χ4v) is 2.13. The van der Waals surface area contributed by atoms with E-state index in [1.807, 2.05) is 13.8 Å². The first-order valence-corrected chi connectivity index (χ1v) is 6.79. The molecule has 0 aromatic carbocycles. The molecule has 0 aromatic heterocycles. The Bertz CT molecular complexity index is 335. The molecule has 0 spiro atoms. The van der Waals surface area contributed by atoms with Crippen LogP contribution in [0.5, 0.6) is 0 Å². The molecule has 0 aromatic rings. The molecular formula is C13H22N2O3. The molecule has 0 aliphatic heterocycles. The van der Waals surface area contributed by atoms with E-state index in [0.717, 1.165) is 19.4 Å². The molecule has 5 nitrogen and oxygen atoms in total. The highest BCUT2D eigenvalue weighted by atomic mass is 16.4. The van der Waals surface area contributed by atoms with Crippen LogP contribution in [0.1, 0.15) is 39.5 Å². The first-order valence-electron chi connectivity index (χ1n) is 6.79. The summed E-state index contributed by atoms with van der Waals surface area (Å²) >= 11 is 0. The Morgan fingerprint density at radius 2 is 1.89 bits per heavy atom. The SMILES string of the molecule is CC(C)N(CC1CC1)C(=O)NC(C(=O)O)C1CC1. The third-order valence-electron chi connectivity index (χ3n) is 3.67. The predicted octanol–water partition coefficient (Wildman–Crippen LogP) is 1.68. The Morgan fingerprint density at radius 1 is 1.28 bits per heavy atom. The van der Waals surface area contributed by atoms with Gasteiger partial charge in [-0.15, -0.1) is 0 Å². The van der Waals surface area contributed by atoms with Crippen molar-refractivity contribution >= 4 is 12.0 Å². The highest BCUT2D eigenvalue weighted by Gasteiger charge is 2.38. The maximum absolute atomic E-state index is 12.1. The Labute approximate surface area is 108 Å². The van der Waals surface area contributed by atoms with E-state index in [2.05, 4.69) is 5.32 Å². The second-order valence-electron chi connectivity index (χ2n) is 5.79. The van der Waals surface area contributed by atoms with Crippen LogP contribution in [0, 0.1) is 11.8 Å². The van der Waals surface area contributed by atoms with Gasteiger partial charge in [0.1, 0.15) is 6.04 Å². The van der Waals surface area contributed by atoms with E-state index in [9.17, 15) is 9.59 Å². The molecule has 0 radical (unpaired) electrons. The first-order chi connectivity index (χ1) is 8.49. The van der Waals surface area contributed by atoms with Crippen molar-refractivity contribution in [3.63, 3.8) is 0 Å². The van der Waals surface area contributed by atoms with Crippen molar-refractivity contribution in [2.24, 2.45) is 11.8 Å². The highest BCUT2D eigenvalue weighted by molar-refractivity contribution is 5.83. The standard InChI is InChI=1S/C13H22N2O3/c1-8(2)15(7-9-3-4-9)13(18)14-11(12(16)17)10-5-6-10/h8-11H,3-7H2,1-2H3,(H,14,18)(H,16,17). The van der Waals surface area contributed by atoms with Gasteiger partial charge in [-0.2, -0.15) is 0 Å². The first kappa shape index (κ1) is 13.2. The minimum atomic E-state index is -0.916. The van der Waals surface area contributed by atoms with Crippen LogP contribution < -0.4 is 5.32 Å². The number of nitrogens with one attached hydrogen (secondary N) is 1. The van der Waals surface area contributed by atoms with E-state index >= 15 is 0 Å². The zero-order chi connectivity index (χ0) is 13.3. The van der Waals surface area contributed by atoms with Gasteiger partial charge >= 0.3 is 12.0 Å². The van der Waals surface area contributed by atoms with E-state index in [1.54, 1.807) is 4.90 Å². The largest absolute Gasteiger partial charge is 0.480 e. The lowest BCUT2D eigenvalue weighted by Crippen LogP contribution is -2.51. The Hall–Kier alpha value is -1.26. The van der Waals surface area contributed by atoms with Crippen molar-refractivity contribution in [1.82, 2.24) is 10.2 Å². The number of aliphatic carboxylic acids is 1. The molecule has 0 bridgehead atoms. The summed E-state index contributed by atoms with van der Waals surface area (Å²) in [5.74, 6) is -0.176. The quantitative estimate of drug-likeness (QED) is 0.757. The fourth-order valence-electron chi connectivity index (χ4n) is 2.13. The molecule has 5 heteroatoms. The van der Waals surface area contributed by atoms with E-state index in [1.165, 1.54) is 12.8 Å². The van der Waals surface area contributed by atoms with Crippen LogP contribution in [0.4, 0.5) is 4.79 Å². The van der Waals surface area contributed by atoms with E-state index in [0.29, 0.717) is 5.92 Å². The van der Waals surface area contributed by atoms with Gasteiger partial charge in [0.15, 0.2) is 0 Å². The average molecular weight is 254 g/mol. The van der Waals surface area contributed by atoms with E-state index in [4.69, 9.17) is 5.11 Å². The Morgan fingerprint density at radius 3 is 2.28 bits per heavy atom. The molecule has 2 N–H and O–H groups in total. The van der Waals surface area contributed by atoms with Crippen LogP contribution in [0.3, 0.4) is 0 Å². The summed E-state index contributed by atoms with van der Waals surface area (Å²) in [6, 6.07) is -0.826. The molecular weight excluding hydrogens is 232 g/mol. The number of carbonyl (C=O) groups excluding carboxylic acids is 1. The molecule has 1 atom stereocenters. The van der Waals surface area contributed by atoms with Gasteiger partial charge < -0.3 is 15.3 Å². The topological polar surface area (TPSA) is 69.6 Å². The van der Waals surface area contributed by atoms with Crippen LogP contribution in [0.15, 0.2) is 0 Å². The number of hydrogen-bond donors (Lipinski definition) is 2. The number of nitrogens with zero attached hydrogens (tertiary/aromatic N) is 1. The van der Waals surface area contributed by atoms with Crippen molar-refractivity contribution in [2.45, 2.75) is 51.6 Å². The Kier molecular flexibility index (Phi) is 3.78. The van der Waals surface area contributed by atoms with Gasteiger partial charge in [0.2, 0.25) is 0 Å². The van der Waals surface area contributed by atoms with E-state index < -0.39 is 12.0 Å². The van der Waals surface area contributed by atoms with Gasteiger partial charge in [-0.25, -0.2) is 9.59 Å². The molecule has 2 saturated carbocycles. The minimum absolute atomic E-state index is 0.110. The zero-order valence-corrected chi connectivity index (χ0v) is 11.1. The van der Waals surface area contributed by atoms with Crippen molar-refractivity contribution in [3.8, 4) is 0 Å². The Balaban J connectivity index is 1.91. The van der Waals surface area contributed by atoms with Crippen LogP contribution in [0.25, 0.3) is 0 Å². The molecule has 2 rings (SSSR count). The van der Waals surface area contributed by atoms with Crippen molar-refractivity contribution in [3.05, 3.63) is 0 Å². The molecule has 0 saturated heterocycles. The van der Waals surface area contributed by atoms with Crippen molar-refractivity contribution in [2.75, 3.05) is 6.54 Å². The molecule has 2 amide bonds. The van der Waals surface area contributed by atoms with Crippen molar-refractivity contribution < 1.29 is 14.7 Å². The summed E-state index contributed by atoms with van der Waals surface area (Å²) < 4.78 is 0.